The van der Waals surface area contributed by atoms with E-state index >= 15 is 0 Å². The summed E-state index contributed by atoms with van der Waals surface area (Å²) in [4.78, 5) is 23.1. The second-order valence-electron chi connectivity index (χ2n) is 10.8. The number of hydrogen-bond acceptors (Lipinski definition) is 7. The Morgan fingerprint density at radius 2 is 1.54 bits per heavy atom. The maximum atomic E-state index is 11.9. The molecule has 4 atom stereocenters. The normalized spacial score (nSPS) is 19.1. The Hall–Kier alpha value is -2.02. The number of hydrogen-bond donors (Lipinski definition) is 3. The van der Waals surface area contributed by atoms with Crippen LogP contribution in [0.5, 0.6) is 0 Å². The average molecular weight is 497 g/mol. The summed E-state index contributed by atoms with van der Waals surface area (Å²) in [7, 11) is 0. The fourth-order valence-corrected chi connectivity index (χ4v) is 4.31. The zero-order valence-corrected chi connectivity index (χ0v) is 22.4. The van der Waals surface area contributed by atoms with Crippen LogP contribution in [0.25, 0.3) is 0 Å². The summed E-state index contributed by atoms with van der Waals surface area (Å²) in [5.41, 5.74) is 1.26. The number of rotatable bonds is 18. The highest BCUT2D eigenvalue weighted by Gasteiger charge is 2.39. The van der Waals surface area contributed by atoms with Crippen molar-refractivity contribution in [2.24, 2.45) is 17.8 Å². The Morgan fingerprint density at radius 3 is 2.09 bits per heavy atom. The van der Waals surface area contributed by atoms with Gasteiger partial charge in [-0.3, -0.25) is 4.79 Å². The second-order valence-corrected chi connectivity index (χ2v) is 10.8. The number of aliphatic hydroxyl groups is 3. The molecule has 1 rings (SSSR count). The zero-order valence-electron chi connectivity index (χ0n) is 22.4. The van der Waals surface area contributed by atoms with Crippen LogP contribution in [0.4, 0.5) is 0 Å². The lowest BCUT2D eigenvalue weighted by molar-refractivity contribution is -0.154. The van der Waals surface area contributed by atoms with Crippen molar-refractivity contribution in [2.75, 3.05) is 6.61 Å². The first-order chi connectivity index (χ1) is 16.5. The third kappa shape index (κ3) is 13.0. The summed E-state index contributed by atoms with van der Waals surface area (Å²) in [6, 6.07) is 0. The lowest BCUT2D eigenvalue weighted by Crippen LogP contribution is -2.33. The Bertz CT molecular complexity index is 710. The van der Waals surface area contributed by atoms with E-state index in [0.29, 0.717) is 6.42 Å². The van der Waals surface area contributed by atoms with Gasteiger partial charge in [0.2, 0.25) is 5.76 Å². The van der Waals surface area contributed by atoms with Gasteiger partial charge < -0.3 is 24.8 Å². The molecule has 0 fully saturated rings. The van der Waals surface area contributed by atoms with Gasteiger partial charge in [-0.2, -0.15) is 0 Å². The van der Waals surface area contributed by atoms with E-state index in [4.69, 9.17) is 4.74 Å². The van der Waals surface area contributed by atoms with Crippen LogP contribution in [0.1, 0.15) is 105 Å². The summed E-state index contributed by atoms with van der Waals surface area (Å²) in [6.07, 6.45) is 11.3. The molecule has 0 aromatic carbocycles. The van der Waals surface area contributed by atoms with Crippen molar-refractivity contribution in [1.82, 2.24) is 0 Å². The van der Waals surface area contributed by atoms with E-state index in [2.05, 4.69) is 39.4 Å². The van der Waals surface area contributed by atoms with Crippen molar-refractivity contribution in [3.05, 3.63) is 23.2 Å². The highest BCUT2D eigenvalue weighted by Crippen LogP contribution is 2.23. The standard InChI is InChI=1S/C28H48O7/c1-19(2)10-6-11-20(3)12-7-13-21(4)14-8-15-22(5)16-9-17-24(30)34-18-23(29)27-25(31)26(32)28(33)35-27/h16,19-21,23,27,29,31-32H,6-15,17-18H2,1-5H3. The van der Waals surface area contributed by atoms with Crippen LogP contribution in [-0.2, 0) is 19.1 Å². The summed E-state index contributed by atoms with van der Waals surface area (Å²) in [6.45, 7) is 11.0. The van der Waals surface area contributed by atoms with Crippen LogP contribution in [0, 0.1) is 17.8 Å². The van der Waals surface area contributed by atoms with Gasteiger partial charge in [-0.1, -0.05) is 84.3 Å². The van der Waals surface area contributed by atoms with Crippen molar-refractivity contribution in [1.29, 1.82) is 0 Å². The Labute approximate surface area is 211 Å². The molecule has 0 spiro atoms. The molecule has 0 radical (unpaired) electrons. The molecule has 7 nitrogen and oxygen atoms in total. The molecule has 0 bridgehead atoms. The Balaban J connectivity index is 2.12. The van der Waals surface area contributed by atoms with Crippen LogP contribution in [0.15, 0.2) is 23.2 Å². The van der Waals surface area contributed by atoms with Gasteiger partial charge in [0.05, 0.1) is 0 Å². The monoisotopic (exact) mass is 496 g/mol. The molecule has 7 heteroatoms. The number of allylic oxidation sites excluding steroid dienone is 2. The van der Waals surface area contributed by atoms with Crippen LogP contribution in [-0.4, -0.2) is 46.1 Å². The molecule has 1 aliphatic heterocycles. The molecule has 0 aromatic heterocycles. The Kier molecular flexibility index (Phi) is 14.7. The lowest BCUT2D eigenvalue weighted by Gasteiger charge is -2.17. The minimum atomic E-state index is -1.44. The number of cyclic esters (lactones) is 1. The third-order valence-electron chi connectivity index (χ3n) is 6.69. The van der Waals surface area contributed by atoms with Crippen LogP contribution in [0.2, 0.25) is 0 Å². The molecule has 0 aliphatic carbocycles. The Morgan fingerprint density at radius 1 is 0.971 bits per heavy atom. The van der Waals surface area contributed by atoms with Gasteiger partial charge in [0.15, 0.2) is 11.9 Å². The van der Waals surface area contributed by atoms with E-state index < -0.39 is 42.3 Å². The van der Waals surface area contributed by atoms with Crippen molar-refractivity contribution >= 4 is 11.9 Å². The smallest absolute Gasteiger partial charge is 0.377 e. The lowest BCUT2D eigenvalue weighted by atomic mass is 9.91. The van der Waals surface area contributed by atoms with E-state index in [-0.39, 0.29) is 6.42 Å². The molecule has 0 amide bonds. The largest absolute Gasteiger partial charge is 0.505 e. The highest BCUT2D eigenvalue weighted by molar-refractivity contribution is 5.89. The highest BCUT2D eigenvalue weighted by atomic mass is 16.6. The summed E-state index contributed by atoms with van der Waals surface area (Å²) in [5, 5.41) is 28.7. The maximum absolute atomic E-state index is 11.9. The molecule has 1 aliphatic rings. The molecule has 202 valence electrons. The van der Waals surface area contributed by atoms with Crippen LogP contribution >= 0.6 is 0 Å². The average Bonchev–Trinajstić information content (AvgIpc) is 3.04. The van der Waals surface area contributed by atoms with E-state index in [1.165, 1.54) is 50.5 Å². The predicted octanol–water partition coefficient (Wildman–Crippen LogP) is 6.31. The first-order valence-corrected chi connectivity index (χ1v) is 13.3. The molecule has 3 N–H and O–H groups in total. The fraction of sp³-hybridized carbons (Fsp3) is 0.786. The molecular weight excluding hydrogens is 448 g/mol. The van der Waals surface area contributed by atoms with Crippen molar-refractivity contribution in [3.8, 4) is 0 Å². The number of aliphatic hydroxyl groups excluding tert-OH is 3. The van der Waals surface area contributed by atoms with Gasteiger partial charge in [-0.05, 0) is 43.9 Å². The minimum absolute atomic E-state index is 0.174. The topological polar surface area (TPSA) is 113 Å². The van der Waals surface area contributed by atoms with E-state index in [0.717, 1.165) is 30.6 Å². The summed E-state index contributed by atoms with van der Waals surface area (Å²) < 4.78 is 9.63. The quantitative estimate of drug-likeness (QED) is 0.150. The number of carbonyl (C=O) groups excluding carboxylic acids is 2. The zero-order chi connectivity index (χ0) is 26.4. The third-order valence-corrected chi connectivity index (χ3v) is 6.69. The minimum Gasteiger partial charge on any atom is -0.505 e. The van der Waals surface area contributed by atoms with Gasteiger partial charge in [0, 0.05) is 6.42 Å². The van der Waals surface area contributed by atoms with Crippen molar-refractivity contribution < 1.29 is 34.4 Å². The fourth-order valence-electron chi connectivity index (χ4n) is 4.31. The summed E-state index contributed by atoms with van der Waals surface area (Å²) >= 11 is 0. The number of esters is 2. The van der Waals surface area contributed by atoms with E-state index in [1.54, 1.807) is 0 Å². The van der Waals surface area contributed by atoms with Gasteiger partial charge in [-0.25, -0.2) is 4.79 Å². The first-order valence-electron chi connectivity index (χ1n) is 13.3. The molecule has 0 aromatic rings. The van der Waals surface area contributed by atoms with E-state index in [1.807, 2.05) is 6.08 Å². The molecule has 4 unspecified atom stereocenters. The van der Waals surface area contributed by atoms with Gasteiger partial charge in [-0.15, -0.1) is 0 Å². The molecule has 1 heterocycles. The number of ether oxygens (including phenoxy) is 2. The predicted molar refractivity (Wildman–Crippen MR) is 137 cm³/mol. The van der Waals surface area contributed by atoms with Gasteiger partial charge >= 0.3 is 11.9 Å². The molecule has 0 saturated carbocycles. The van der Waals surface area contributed by atoms with Crippen LogP contribution in [0.3, 0.4) is 0 Å². The van der Waals surface area contributed by atoms with Crippen molar-refractivity contribution in [2.45, 2.75) is 117 Å². The molecule has 0 saturated heterocycles. The maximum Gasteiger partial charge on any atom is 0.377 e. The first kappa shape index (κ1) is 31.0. The second kappa shape index (κ2) is 16.6. The molecule has 35 heavy (non-hydrogen) atoms. The molecular formula is C28H48O7. The SMILES string of the molecule is CC(=CCCC(=O)OCC(O)C1OC(=O)C(O)=C1O)CCCC(C)CCCC(C)CCCC(C)C. The van der Waals surface area contributed by atoms with Crippen LogP contribution < -0.4 is 0 Å². The van der Waals surface area contributed by atoms with Gasteiger partial charge in [0.1, 0.15) is 12.7 Å². The number of carbonyl (C=O) groups is 2. The van der Waals surface area contributed by atoms with Gasteiger partial charge in [0.25, 0.3) is 0 Å². The van der Waals surface area contributed by atoms with E-state index in [9.17, 15) is 24.9 Å². The summed E-state index contributed by atoms with van der Waals surface area (Å²) in [5.74, 6) is -0.909. The van der Waals surface area contributed by atoms with Crippen molar-refractivity contribution in [3.63, 3.8) is 0 Å².